The zero-order valence-corrected chi connectivity index (χ0v) is 22.0. The lowest BCUT2D eigenvalue weighted by Crippen LogP contribution is -2.79. The zero-order chi connectivity index (χ0) is 25.5. The van der Waals surface area contributed by atoms with E-state index in [9.17, 15) is 10.5 Å². The predicted octanol–water partition coefficient (Wildman–Crippen LogP) is 4.94. The maximum absolute atomic E-state index is 11.1. The van der Waals surface area contributed by atoms with Gasteiger partial charge < -0.3 is 4.90 Å². The van der Waals surface area contributed by atoms with Gasteiger partial charge in [0.1, 0.15) is 21.7 Å². The maximum Gasteiger partial charge on any atom is 0.135 e. The fraction of sp³-hybridized carbons (Fsp3) is 0.467. The lowest BCUT2D eigenvalue weighted by Gasteiger charge is -2.67. The minimum atomic E-state index is -0.902. The van der Waals surface area contributed by atoms with Crippen molar-refractivity contribution in [2.75, 3.05) is 26.4 Å². The second-order valence-corrected chi connectivity index (χ2v) is 11.5. The van der Waals surface area contributed by atoms with Crippen LogP contribution in [0.25, 0.3) is 0 Å². The van der Waals surface area contributed by atoms with Gasteiger partial charge in [0.15, 0.2) is 0 Å². The highest BCUT2D eigenvalue weighted by Gasteiger charge is 2.75. The van der Waals surface area contributed by atoms with Crippen molar-refractivity contribution in [3.63, 3.8) is 0 Å². The van der Waals surface area contributed by atoms with Crippen LogP contribution in [0, 0.1) is 38.9 Å². The Bertz CT molecular complexity index is 1290. The van der Waals surface area contributed by atoms with Crippen molar-refractivity contribution in [3.05, 3.63) is 71.8 Å². The normalized spacial score (nSPS) is 29.2. The quantitative estimate of drug-likeness (QED) is 0.545. The van der Waals surface area contributed by atoms with E-state index in [-0.39, 0.29) is 0 Å². The van der Waals surface area contributed by atoms with E-state index >= 15 is 0 Å². The largest absolute Gasteiger partial charge is 0.308 e. The lowest BCUT2D eigenvalue weighted by atomic mass is 9.42. The van der Waals surface area contributed by atoms with Gasteiger partial charge in [-0.1, -0.05) is 92.1 Å². The Morgan fingerprint density at radius 3 is 1.95 bits per heavy atom. The van der Waals surface area contributed by atoms with Crippen LogP contribution in [0.15, 0.2) is 65.7 Å². The van der Waals surface area contributed by atoms with Crippen molar-refractivity contribution < 1.29 is 0 Å². The van der Waals surface area contributed by atoms with E-state index < -0.39 is 16.2 Å². The van der Waals surface area contributed by atoms with Crippen LogP contribution < -0.4 is 0 Å². The van der Waals surface area contributed by atoms with Crippen LogP contribution in [0.4, 0.5) is 0 Å². The van der Waals surface area contributed by atoms with Crippen molar-refractivity contribution in [1.29, 1.82) is 10.5 Å². The molecule has 4 aliphatic rings. The van der Waals surface area contributed by atoms with Crippen molar-refractivity contribution in [2.45, 2.75) is 45.2 Å². The highest BCUT2D eigenvalue weighted by atomic mass is 32.1. The summed E-state index contributed by atoms with van der Waals surface area (Å²) in [7, 11) is 0. The number of nitriles is 2. The maximum atomic E-state index is 11.1. The van der Waals surface area contributed by atoms with Gasteiger partial charge in [0.2, 0.25) is 0 Å². The molecule has 2 saturated heterocycles. The molecule has 1 spiro atoms. The Hall–Kier alpha value is -3.10. The number of likely N-dealkylation sites (tertiary alicyclic amines) is 1. The fourth-order valence-electron chi connectivity index (χ4n) is 7.56. The van der Waals surface area contributed by atoms with E-state index in [4.69, 9.17) is 17.2 Å². The summed E-state index contributed by atoms with van der Waals surface area (Å²) >= 11 is 6.27. The number of piperidine rings is 2. The van der Waals surface area contributed by atoms with Gasteiger partial charge in [-0.3, -0.25) is 14.8 Å². The second-order valence-electron chi connectivity index (χ2n) is 11.1. The van der Waals surface area contributed by atoms with E-state index in [0.29, 0.717) is 38.0 Å². The molecule has 0 N–H and O–H groups in total. The van der Waals surface area contributed by atoms with E-state index in [1.807, 2.05) is 36.4 Å². The number of thiocarbonyl (C=S) groups is 1. The number of aliphatic imine (C=N–C) groups is 1. The first-order valence-corrected chi connectivity index (χ1v) is 13.7. The molecular formula is C30H32N6S. The molecule has 2 atom stereocenters. The standard InChI is InChI=1S/C30H32N6S/c31-18-28-20-34(16-24-10-4-1-5-11-24)21-29(19-32,30(28)14-8-3-9-15-30)27(37)36-23-35(22-33-26(28)36)17-25-12-6-2-7-13-25/h1-2,4-7,10-13H,3,8-9,14-17,20-23H2/t28-,29+/m0/s1. The van der Waals surface area contributed by atoms with Crippen molar-refractivity contribution >= 4 is 23.0 Å². The number of amidine groups is 1. The average Bonchev–Trinajstić information content (AvgIpc) is 2.94. The lowest BCUT2D eigenvalue weighted by molar-refractivity contribution is -0.0868. The van der Waals surface area contributed by atoms with Gasteiger partial charge in [0.25, 0.3) is 0 Å². The third-order valence-electron chi connectivity index (χ3n) is 9.15. The minimum absolute atomic E-state index is 0.497. The summed E-state index contributed by atoms with van der Waals surface area (Å²) in [6.45, 7) is 3.68. The average molecular weight is 509 g/mol. The van der Waals surface area contributed by atoms with Crippen LogP contribution in [-0.4, -0.2) is 52.0 Å². The minimum Gasteiger partial charge on any atom is -0.308 e. The van der Waals surface area contributed by atoms with Gasteiger partial charge in [0.05, 0.1) is 25.5 Å². The Kier molecular flexibility index (Phi) is 6.12. The topological polar surface area (TPSA) is 69.7 Å². The highest BCUT2D eigenvalue weighted by Crippen LogP contribution is 2.67. The molecule has 37 heavy (non-hydrogen) atoms. The molecular weight excluding hydrogens is 476 g/mol. The second kappa shape index (κ2) is 9.33. The summed E-state index contributed by atoms with van der Waals surface area (Å²) in [4.78, 5) is 12.4. The first-order valence-electron chi connectivity index (χ1n) is 13.3. The molecule has 188 valence electrons. The zero-order valence-electron chi connectivity index (χ0n) is 21.1. The summed E-state index contributed by atoms with van der Waals surface area (Å²) in [5, 5.41) is 22.1. The molecule has 3 fully saturated rings. The Labute approximate surface area is 224 Å². The molecule has 0 unspecified atom stereocenters. The van der Waals surface area contributed by atoms with Gasteiger partial charge in [-0.15, -0.1) is 0 Å². The monoisotopic (exact) mass is 508 g/mol. The molecule has 2 bridgehead atoms. The van der Waals surface area contributed by atoms with Crippen molar-refractivity contribution in [1.82, 2.24) is 14.7 Å². The van der Waals surface area contributed by atoms with Crippen LogP contribution in [0.1, 0.15) is 43.2 Å². The molecule has 6 nitrogen and oxygen atoms in total. The first-order chi connectivity index (χ1) is 18.1. The summed E-state index contributed by atoms with van der Waals surface area (Å²) in [5.41, 5.74) is 0.136. The van der Waals surface area contributed by atoms with Gasteiger partial charge in [-0.05, 0) is 24.0 Å². The van der Waals surface area contributed by atoms with Crippen LogP contribution in [0.3, 0.4) is 0 Å². The number of hydrogen-bond donors (Lipinski definition) is 0. The molecule has 0 radical (unpaired) electrons. The summed E-state index contributed by atoms with van der Waals surface area (Å²) < 4.78 is 0. The third-order valence-corrected chi connectivity index (χ3v) is 9.72. The molecule has 1 saturated carbocycles. The van der Waals surface area contributed by atoms with Gasteiger partial charge in [0, 0.05) is 31.6 Å². The number of fused-ring (bicyclic) bond motifs is 2. The van der Waals surface area contributed by atoms with Crippen molar-refractivity contribution in [2.24, 2.45) is 21.2 Å². The Morgan fingerprint density at radius 2 is 1.35 bits per heavy atom. The summed E-state index contributed by atoms with van der Waals surface area (Å²) in [6, 6.07) is 26.3. The van der Waals surface area contributed by atoms with Crippen LogP contribution in [0.2, 0.25) is 0 Å². The molecule has 6 rings (SSSR count). The van der Waals surface area contributed by atoms with E-state index in [0.717, 1.165) is 44.5 Å². The fourth-order valence-corrected chi connectivity index (χ4v) is 8.01. The highest BCUT2D eigenvalue weighted by molar-refractivity contribution is 7.80. The van der Waals surface area contributed by atoms with Gasteiger partial charge >= 0.3 is 0 Å². The van der Waals surface area contributed by atoms with Crippen LogP contribution >= 0.6 is 12.2 Å². The predicted molar refractivity (Wildman–Crippen MR) is 147 cm³/mol. The number of nitrogens with zero attached hydrogens (tertiary/aromatic N) is 6. The summed E-state index contributed by atoms with van der Waals surface area (Å²) in [6.07, 6.45) is 4.91. The molecule has 0 amide bonds. The van der Waals surface area contributed by atoms with E-state index in [1.54, 1.807) is 0 Å². The molecule has 2 aromatic carbocycles. The smallest absolute Gasteiger partial charge is 0.135 e. The summed E-state index contributed by atoms with van der Waals surface area (Å²) in [5.74, 6) is 0.801. The molecule has 0 aromatic heterocycles. The molecule has 3 heterocycles. The number of hydrogen-bond acceptors (Lipinski definition) is 6. The van der Waals surface area contributed by atoms with E-state index in [1.165, 1.54) is 11.1 Å². The van der Waals surface area contributed by atoms with Crippen LogP contribution in [-0.2, 0) is 13.1 Å². The Morgan fingerprint density at radius 1 is 0.784 bits per heavy atom. The van der Waals surface area contributed by atoms with E-state index in [2.05, 4.69) is 51.1 Å². The SMILES string of the molecule is N#C[C@]12CN(Cc3ccccc3)C[C@](C#N)(C(=S)N3CN(Cc4ccccc4)CN=C31)C21CCCCC1. The molecule has 3 aliphatic heterocycles. The molecule has 1 aliphatic carbocycles. The number of benzene rings is 2. The van der Waals surface area contributed by atoms with Gasteiger partial charge in [-0.25, -0.2) is 0 Å². The van der Waals surface area contributed by atoms with Crippen LogP contribution in [0.5, 0.6) is 0 Å². The first kappa shape index (κ1) is 24.2. The number of rotatable bonds is 4. The molecule has 2 aromatic rings. The molecule has 7 heteroatoms. The third kappa shape index (κ3) is 3.56. The van der Waals surface area contributed by atoms with Crippen molar-refractivity contribution in [3.8, 4) is 12.1 Å². The van der Waals surface area contributed by atoms with Gasteiger partial charge in [-0.2, -0.15) is 10.5 Å². The Balaban J connectivity index is 1.44.